The van der Waals surface area contributed by atoms with E-state index in [2.05, 4.69) is 41.0 Å². The number of thioether (sulfide) groups is 1. The SMILES string of the molecule is C=CCOc1ccc([C@H]2C(C(=O)c3cc4ccccc4o3)=C(O)C(=O)N2c2nnc(SCc3ccc(C)cc3)s2)cc1. The molecule has 0 radical (unpaired) electrons. The predicted molar refractivity (Wildman–Crippen MR) is 163 cm³/mol. The molecule has 42 heavy (non-hydrogen) atoms. The van der Waals surface area contributed by atoms with Crippen molar-refractivity contribution in [2.45, 2.75) is 23.1 Å². The molecule has 10 heteroatoms. The Balaban J connectivity index is 1.35. The third-order valence-electron chi connectivity index (χ3n) is 6.75. The van der Waals surface area contributed by atoms with Crippen LogP contribution in [-0.2, 0) is 10.5 Å². The van der Waals surface area contributed by atoms with E-state index in [4.69, 9.17) is 9.15 Å². The molecule has 210 valence electrons. The van der Waals surface area contributed by atoms with Crippen LogP contribution in [0.15, 0.2) is 112 Å². The van der Waals surface area contributed by atoms with Crippen molar-refractivity contribution in [2.24, 2.45) is 0 Å². The van der Waals surface area contributed by atoms with Crippen LogP contribution in [-0.4, -0.2) is 33.6 Å². The number of hydrogen-bond acceptors (Lipinski definition) is 9. The molecular weight excluding hydrogens is 571 g/mol. The van der Waals surface area contributed by atoms with E-state index in [9.17, 15) is 14.7 Å². The van der Waals surface area contributed by atoms with Gasteiger partial charge < -0.3 is 14.3 Å². The monoisotopic (exact) mass is 595 g/mol. The van der Waals surface area contributed by atoms with Gasteiger partial charge in [-0.3, -0.25) is 14.5 Å². The van der Waals surface area contributed by atoms with Gasteiger partial charge in [-0.25, -0.2) is 0 Å². The van der Waals surface area contributed by atoms with Gasteiger partial charge in [0.2, 0.25) is 10.9 Å². The van der Waals surface area contributed by atoms with Crippen LogP contribution in [0.3, 0.4) is 0 Å². The Morgan fingerprint density at radius 2 is 1.88 bits per heavy atom. The highest BCUT2D eigenvalue weighted by atomic mass is 32.2. The van der Waals surface area contributed by atoms with Gasteiger partial charge in [0.25, 0.3) is 5.91 Å². The van der Waals surface area contributed by atoms with Gasteiger partial charge in [0, 0.05) is 11.1 Å². The number of nitrogens with zero attached hydrogens (tertiary/aromatic N) is 3. The van der Waals surface area contributed by atoms with E-state index in [1.165, 1.54) is 33.6 Å². The maximum Gasteiger partial charge on any atom is 0.296 e. The van der Waals surface area contributed by atoms with Crippen molar-refractivity contribution >= 4 is 50.9 Å². The minimum absolute atomic E-state index is 0.0231. The summed E-state index contributed by atoms with van der Waals surface area (Å²) in [4.78, 5) is 28.8. The van der Waals surface area contributed by atoms with E-state index >= 15 is 0 Å². The average Bonchev–Trinajstić information content (AvgIpc) is 3.72. The first-order chi connectivity index (χ1) is 20.4. The molecule has 1 aliphatic heterocycles. The Kier molecular flexibility index (Phi) is 7.64. The lowest BCUT2D eigenvalue weighted by Crippen LogP contribution is -2.31. The maximum atomic E-state index is 13.9. The van der Waals surface area contributed by atoms with Gasteiger partial charge >= 0.3 is 0 Å². The van der Waals surface area contributed by atoms with Gasteiger partial charge in [0.15, 0.2) is 15.9 Å². The number of carbonyl (C=O) groups is 2. The van der Waals surface area contributed by atoms with Crippen LogP contribution >= 0.6 is 23.1 Å². The second-order valence-electron chi connectivity index (χ2n) is 9.61. The molecule has 1 N–H and O–H groups in total. The van der Waals surface area contributed by atoms with Crippen molar-refractivity contribution in [1.29, 1.82) is 0 Å². The number of ketones is 1. The van der Waals surface area contributed by atoms with Crippen LogP contribution in [0.5, 0.6) is 5.75 Å². The number of hydrogen-bond donors (Lipinski definition) is 1. The van der Waals surface area contributed by atoms with Gasteiger partial charge in [0.05, 0.1) is 11.6 Å². The van der Waals surface area contributed by atoms with Crippen molar-refractivity contribution in [2.75, 3.05) is 11.5 Å². The quantitative estimate of drug-likeness (QED) is 0.0780. The van der Waals surface area contributed by atoms with Gasteiger partial charge in [-0.15, -0.1) is 10.2 Å². The van der Waals surface area contributed by atoms with Gasteiger partial charge in [-0.2, -0.15) is 0 Å². The number of fused-ring (bicyclic) bond motifs is 1. The average molecular weight is 596 g/mol. The lowest BCUT2D eigenvalue weighted by Gasteiger charge is -2.24. The fourth-order valence-corrected chi connectivity index (χ4v) is 6.49. The Hall–Kier alpha value is -4.67. The zero-order valence-electron chi connectivity index (χ0n) is 22.5. The van der Waals surface area contributed by atoms with E-state index in [1.54, 1.807) is 48.5 Å². The van der Waals surface area contributed by atoms with Gasteiger partial charge in [0.1, 0.15) is 17.9 Å². The molecule has 0 fully saturated rings. The van der Waals surface area contributed by atoms with Crippen LogP contribution < -0.4 is 9.64 Å². The number of aromatic nitrogens is 2. The minimum Gasteiger partial charge on any atom is -0.503 e. The summed E-state index contributed by atoms with van der Waals surface area (Å²) in [5, 5.41) is 20.7. The molecule has 1 aliphatic rings. The third kappa shape index (κ3) is 5.34. The van der Waals surface area contributed by atoms with Gasteiger partial charge in [-0.05, 0) is 42.3 Å². The number of furan rings is 1. The first-order valence-corrected chi connectivity index (χ1v) is 14.9. The van der Waals surface area contributed by atoms with Gasteiger partial charge in [-0.1, -0.05) is 95.9 Å². The normalized spacial score (nSPS) is 15.0. The second-order valence-corrected chi connectivity index (χ2v) is 11.8. The summed E-state index contributed by atoms with van der Waals surface area (Å²) in [7, 11) is 0. The van der Waals surface area contributed by atoms with Crippen molar-refractivity contribution < 1.29 is 23.8 Å². The largest absolute Gasteiger partial charge is 0.503 e. The Morgan fingerprint density at radius 1 is 1.12 bits per heavy atom. The molecule has 1 amide bonds. The molecule has 6 rings (SSSR count). The number of Topliss-reactive ketones (excluding diaryl/α,β-unsaturated/α-hetero) is 1. The summed E-state index contributed by atoms with van der Waals surface area (Å²) in [5.74, 6) is -0.680. The summed E-state index contributed by atoms with van der Waals surface area (Å²) in [6.07, 6.45) is 1.64. The first-order valence-electron chi connectivity index (χ1n) is 13.1. The molecule has 0 unspecified atom stereocenters. The zero-order chi connectivity index (χ0) is 29.2. The number of ether oxygens (including phenoxy) is 1. The van der Waals surface area contributed by atoms with E-state index in [-0.39, 0.29) is 16.5 Å². The number of aliphatic hydroxyl groups is 1. The fraction of sp³-hybridized carbons (Fsp3) is 0.125. The molecule has 8 nitrogen and oxygen atoms in total. The Bertz CT molecular complexity index is 1790. The van der Waals surface area contributed by atoms with Crippen LogP contribution in [0.1, 0.15) is 33.3 Å². The molecule has 3 heterocycles. The summed E-state index contributed by atoms with van der Waals surface area (Å²) < 4.78 is 12.1. The summed E-state index contributed by atoms with van der Waals surface area (Å²) in [6, 6.07) is 23.1. The van der Waals surface area contributed by atoms with E-state index in [0.29, 0.717) is 33.6 Å². The number of para-hydroxylation sites is 1. The van der Waals surface area contributed by atoms with E-state index in [1.807, 2.05) is 19.1 Å². The van der Waals surface area contributed by atoms with Crippen molar-refractivity contribution in [3.8, 4) is 5.75 Å². The predicted octanol–water partition coefficient (Wildman–Crippen LogP) is 7.23. The molecule has 2 aromatic heterocycles. The maximum absolute atomic E-state index is 13.9. The topological polar surface area (TPSA) is 106 Å². The number of carbonyl (C=O) groups excluding carboxylic acids is 2. The van der Waals surface area contributed by atoms with Crippen LogP contribution in [0.25, 0.3) is 11.0 Å². The van der Waals surface area contributed by atoms with E-state index in [0.717, 1.165) is 10.9 Å². The summed E-state index contributed by atoms with van der Waals surface area (Å²) in [5.41, 5.74) is 3.34. The molecule has 0 spiro atoms. The van der Waals surface area contributed by atoms with Crippen LogP contribution in [0, 0.1) is 6.92 Å². The molecule has 0 saturated heterocycles. The van der Waals surface area contributed by atoms with E-state index < -0.39 is 23.5 Å². The number of anilines is 1. The third-order valence-corrected chi connectivity index (χ3v) is 8.88. The highest BCUT2D eigenvalue weighted by Crippen LogP contribution is 2.44. The first kappa shape index (κ1) is 27.5. The van der Waals surface area contributed by atoms with Crippen molar-refractivity contribution in [1.82, 2.24) is 10.2 Å². The minimum atomic E-state index is -0.963. The standard InChI is InChI=1S/C32H25N3O5S2/c1-3-16-39-23-14-12-21(13-15-23)27-26(28(36)25-17-22-6-4-5-7-24(22)40-25)29(37)30(38)35(27)31-33-34-32(42-31)41-18-20-10-8-19(2)9-11-20/h3-15,17,27,37H,1,16,18H2,2H3/t27-/m0/s1. The molecule has 0 aliphatic carbocycles. The molecule has 1 atom stereocenters. The van der Waals surface area contributed by atoms with Crippen LogP contribution in [0.4, 0.5) is 5.13 Å². The smallest absolute Gasteiger partial charge is 0.296 e. The second kappa shape index (κ2) is 11.7. The zero-order valence-corrected chi connectivity index (χ0v) is 24.2. The lowest BCUT2D eigenvalue weighted by atomic mass is 9.95. The molecule has 0 bridgehead atoms. The Morgan fingerprint density at radius 3 is 2.62 bits per heavy atom. The van der Waals surface area contributed by atoms with Crippen molar-refractivity contribution in [3.05, 3.63) is 125 Å². The fourth-order valence-electron chi connectivity index (χ4n) is 4.67. The highest BCUT2D eigenvalue weighted by molar-refractivity contribution is 8.00. The molecule has 0 saturated carbocycles. The molecule has 5 aromatic rings. The number of amides is 1. The highest BCUT2D eigenvalue weighted by Gasteiger charge is 2.46. The molecular formula is C32H25N3O5S2. The molecule has 3 aromatic carbocycles. The van der Waals surface area contributed by atoms with Crippen LogP contribution in [0.2, 0.25) is 0 Å². The number of aryl methyl sites for hydroxylation is 1. The lowest BCUT2D eigenvalue weighted by molar-refractivity contribution is -0.117. The summed E-state index contributed by atoms with van der Waals surface area (Å²) >= 11 is 2.72. The Labute approximate surface area is 250 Å². The summed E-state index contributed by atoms with van der Waals surface area (Å²) in [6.45, 7) is 6.03. The number of aliphatic hydroxyl groups excluding tert-OH is 1. The number of rotatable bonds is 10. The number of benzene rings is 3. The van der Waals surface area contributed by atoms with Crippen molar-refractivity contribution in [3.63, 3.8) is 0 Å².